The normalized spacial score (nSPS) is 10.4. The summed E-state index contributed by atoms with van der Waals surface area (Å²) in [7, 11) is 0. The second kappa shape index (κ2) is 26.3. The summed E-state index contributed by atoms with van der Waals surface area (Å²) in [6, 6.07) is 13.2. The molecule has 2 rings (SSSR count). The summed E-state index contributed by atoms with van der Waals surface area (Å²) in [4.78, 5) is 45.7. The molecule has 0 saturated carbocycles. The van der Waals surface area contributed by atoms with Gasteiger partial charge in [-0.3, -0.25) is 19.7 Å². The van der Waals surface area contributed by atoms with Gasteiger partial charge in [-0.05, 0) is 49.2 Å². The quantitative estimate of drug-likeness (QED) is 0.0894. The van der Waals surface area contributed by atoms with Crippen LogP contribution in [0.2, 0.25) is 0 Å². The van der Waals surface area contributed by atoms with Crippen LogP contribution in [-0.4, -0.2) is 30.4 Å². The molecular weight excluding hydrogens is 580 g/mol. The van der Waals surface area contributed by atoms with Gasteiger partial charge in [0.1, 0.15) is 0 Å². The monoisotopic (exact) mass is 638 g/mol. The van der Waals surface area contributed by atoms with E-state index in [9.17, 15) is 19.2 Å². The Bertz CT molecular complexity index is 1060. The van der Waals surface area contributed by atoms with Gasteiger partial charge in [-0.25, -0.2) is 4.79 Å². The Labute approximate surface area is 276 Å². The van der Waals surface area contributed by atoms with Crippen LogP contribution in [0.3, 0.4) is 0 Å². The van der Waals surface area contributed by atoms with Crippen LogP contribution in [0.25, 0.3) is 0 Å². The van der Waals surface area contributed by atoms with Crippen LogP contribution >= 0.6 is 0 Å². The SMILES string of the molecule is CCCCCCCCCCCC(=O)Nc1cccc(C(N)=O)c1.CCCCCCCCCCOC(=O)Nc1cccc(C(N)=O)c1. The number of amides is 4. The zero-order valence-corrected chi connectivity index (χ0v) is 28.2. The Morgan fingerprint density at radius 2 is 0.978 bits per heavy atom. The van der Waals surface area contributed by atoms with Gasteiger partial charge in [0.15, 0.2) is 0 Å². The molecule has 0 spiro atoms. The lowest BCUT2D eigenvalue weighted by Crippen LogP contribution is -2.16. The van der Waals surface area contributed by atoms with Gasteiger partial charge < -0.3 is 21.5 Å². The zero-order chi connectivity index (χ0) is 33.8. The van der Waals surface area contributed by atoms with Gasteiger partial charge in [-0.15, -0.1) is 0 Å². The van der Waals surface area contributed by atoms with Gasteiger partial charge in [0.2, 0.25) is 17.7 Å². The van der Waals surface area contributed by atoms with Crippen molar-refractivity contribution in [3.63, 3.8) is 0 Å². The molecule has 0 saturated heterocycles. The number of primary amides is 2. The number of carbonyl (C=O) groups excluding carboxylic acids is 4. The van der Waals surface area contributed by atoms with Gasteiger partial charge in [-0.1, -0.05) is 122 Å². The molecule has 2 aromatic rings. The Morgan fingerprint density at radius 3 is 1.43 bits per heavy atom. The number of benzene rings is 2. The van der Waals surface area contributed by atoms with Crippen molar-refractivity contribution < 1.29 is 23.9 Å². The minimum absolute atomic E-state index is 0.00503. The minimum atomic E-state index is -0.527. The van der Waals surface area contributed by atoms with E-state index in [-0.39, 0.29) is 5.91 Å². The Balaban J connectivity index is 0.000000460. The molecule has 9 nitrogen and oxygen atoms in total. The minimum Gasteiger partial charge on any atom is -0.449 e. The highest BCUT2D eigenvalue weighted by Gasteiger charge is 2.07. The predicted molar refractivity (Wildman–Crippen MR) is 188 cm³/mol. The fraction of sp³-hybridized carbons (Fsp3) is 0.568. The van der Waals surface area contributed by atoms with E-state index < -0.39 is 17.9 Å². The van der Waals surface area contributed by atoms with Crippen LogP contribution in [0.15, 0.2) is 48.5 Å². The predicted octanol–water partition coefficient (Wildman–Crippen LogP) is 9.12. The van der Waals surface area contributed by atoms with Crippen LogP contribution in [-0.2, 0) is 9.53 Å². The molecule has 2 aromatic carbocycles. The maximum absolute atomic E-state index is 11.9. The molecular formula is C37H58N4O5. The molecule has 46 heavy (non-hydrogen) atoms. The highest BCUT2D eigenvalue weighted by atomic mass is 16.5. The molecule has 6 N–H and O–H groups in total. The first-order chi connectivity index (χ1) is 22.3. The molecule has 0 aliphatic heterocycles. The molecule has 0 aliphatic rings. The number of nitrogens with two attached hydrogens (primary N) is 2. The van der Waals surface area contributed by atoms with Crippen molar-refractivity contribution in [3.05, 3.63) is 59.7 Å². The highest BCUT2D eigenvalue weighted by Crippen LogP contribution is 2.14. The van der Waals surface area contributed by atoms with E-state index in [1.807, 2.05) is 0 Å². The number of unbranched alkanes of at least 4 members (excludes halogenated alkanes) is 15. The van der Waals surface area contributed by atoms with Crippen molar-refractivity contribution >= 4 is 35.2 Å². The fourth-order valence-corrected chi connectivity index (χ4v) is 4.87. The maximum atomic E-state index is 11.9. The van der Waals surface area contributed by atoms with E-state index in [4.69, 9.17) is 16.2 Å². The summed E-state index contributed by atoms with van der Waals surface area (Å²) >= 11 is 0. The Morgan fingerprint density at radius 1 is 0.565 bits per heavy atom. The standard InChI is InChI=1S/C19H30N2O2.C18H28N2O3/c1-2-3-4-5-6-7-8-9-10-14-18(22)21-17-13-11-12-16(15-17)19(20)23;1-2-3-4-5-6-7-8-9-13-23-18(22)20-16-12-10-11-15(14-16)17(19)21/h11-13,15H,2-10,14H2,1H3,(H2,20,23)(H,21,22);10-12,14H,2-9,13H2,1H3,(H2,19,21)(H,20,22). The third-order valence-electron chi connectivity index (χ3n) is 7.56. The van der Waals surface area contributed by atoms with Crippen LogP contribution < -0.4 is 22.1 Å². The first-order valence-electron chi connectivity index (χ1n) is 17.3. The molecule has 0 unspecified atom stereocenters. The van der Waals surface area contributed by atoms with E-state index in [1.165, 1.54) is 89.5 Å². The molecule has 0 atom stereocenters. The molecule has 0 aliphatic carbocycles. The van der Waals surface area contributed by atoms with Crippen molar-refractivity contribution in [1.29, 1.82) is 0 Å². The van der Waals surface area contributed by atoms with Crippen molar-refractivity contribution in [2.75, 3.05) is 17.2 Å². The van der Waals surface area contributed by atoms with Crippen molar-refractivity contribution in [1.82, 2.24) is 0 Å². The number of hydrogen-bond donors (Lipinski definition) is 4. The summed E-state index contributed by atoms with van der Waals surface area (Å²) < 4.78 is 5.13. The number of carbonyl (C=O) groups is 4. The highest BCUT2D eigenvalue weighted by molar-refractivity contribution is 5.96. The van der Waals surface area contributed by atoms with Gasteiger partial charge >= 0.3 is 6.09 Å². The zero-order valence-electron chi connectivity index (χ0n) is 28.2. The molecule has 256 valence electrons. The third kappa shape index (κ3) is 21.0. The average molecular weight is 639 g/mol. The van der Waals surface area contributed by atoms with Crippen LogP contribution in [0.1, 0.15) is 150 Å². The molecule has 4 amide bonds. The van der Waals surface area contributed by atoms with Crippen molar-refractivity contribution in [2.24, 2.45) is 11.5 Å². The van der Waals surface area contributed by atoms with E-state index in [2.05, 4.69) is 24.5 Å². The lowest BCUT2D eigenvalue weighted by Gasteiger charge is -2.07. The lowest BCUT2D eigenvalue weighted by molar-refractivity contribution is -0.116. The number of anilines is 2. The summed E-state index contributed by atoms with van der Waals surface area (Å²) in [6.45, 7) is 4.86. The summed E-state index contributed by atoms with van der Waals surface area (Å²) in [6.07, 6.45) is 20.7. The summed E-state index contributed by atoms with van der Waals surface area (Å²) in [5.41, 5.74) is 12.3. The van der Waals surface area contributed by atoms with E-state index in [1.54, 1.807) is 42.5 Å². The van der Waals surface area contributed by atoms with Crippen molar-refractivity contribution in [3.8, 4) is 0 Å². The third-order valence-corrected chi connectivity index (χ3v) is 7.56. The average Bonchev–Trinajstić information content (AvgIpc) is 3.03. The molecule has 0 fully saturated rings. The number of hydrogen-bond acceptors (Lipinski definition) is 5. The van der Waals surface area contributed by atoms with Gasteiger partial charge in [-0.2, -0.15) is 0 Å². The van der Waals surface area contributed by atoms with Crippen LogP contribution in [0.4, 0.5) is 16.2 Å². The molecule has 0 bridgehead atoms. The lowest BCUT2D eigenvalue weighted by atomic mass is 10.1. The molecule has 0 aromatic heterocycles. The van der Waals surface area contributed by atoms with E-state index in [0.29, 0.717) is 35.5 Å². The second-order valence-corrected chi connectivity index (χ2v) is 11.8. The number of ether oxygens (including phenoxy) is 1. The second-order valence-electron chi connectivity index (χ2n) is 11.8. The van der Waals surface area contributed by atoms with Crippen molar-refractivity contribution in [2.45, 2.75) is 129 Å². The topological polar surface area (TPSA) is 154 Å². The molecule has 9 heteroatoms. The first kappa shape index (κ1) is 40.1. The largest absolute Gasteiger partial charge is 0.449 e. The molecule has 0 heterocycles. The summed E-state index contributed by atoms with van der Waals surface area (Å²) in [5, 5.41) is 5.41. The van der Waals surface area contributed by atoms with E-state index >= 15 is 0 Å². The van der Waals surface area contributed by atoms with Gasteiger partial charge in [0, 0.05) is 28.9 Å². The number of nitrogens with one attached hydrogen (secondary N) is 2. The Kier molecular flexibility index (Phi) is 23.0. The number of rotatable bonds is 23. The fourth-order valence-electron chi connectivity index (χ4n) is 4.87. The van der Waals surface area contributed by atoms with Gasteiger partial charge in [0.05, 0.1) is 6.61 Å². The Hall–Kier alpha value is -3.88. The van der Waals surface area contributed by atoms with E-state index in [0.717, 1.165) is 25.7 Å². The first-order valence-corrected chi connectivity index (χ1v) is 17.3. The molecule has 0 radical (unpaired) electrons. The van der Waals surface area contributed by atoms with Gasteiger partial charge in [0.25, 0.3) is 0 Å². The smallest absolute Gasteiger partial charge is 0.411 e. The summed E-state index contributed by atoms with van der Waals surface area (Å²) in [5.74, 6) is -1.02. The maximum Gasteiger partial charge on any atom is 0.411 e. The van der Waals surface area contributed by atoms with Crippen LogP contribution in [0, 0.1) is 0 Å². The van der Waals surface area contributed by atoms with Crippen LogP contribution in [0.5, 0.6) is 0 Å².